The summed E-state index contributed by atoms with van der Waals surface area (Å²) in [6, 6.07) is 26.8. The molecule has 180 valence electrons. The number of halogens is 1. The lowest BCUT2D eigenvalue weighted by molar-refractivity contribution is 0.0636. The van der Waals surface area contributed by atoms with Gasteiger partial charge in [0, 0.05) is 17.1 Å². The van der Waals surface area contributed by atoms with E-state index in [0.717, 1.165) is 11.3 Å². The maximum absolute atomic E-state index is 12.4. The maximum atomic E-state index is 12.4. The predicted octanol–water partition coefficient (Wildman–Crippen LogP) is 6.87. The number of alkyl halides is 1. The van der Waals surface area contributed by atoms with Crippen molar-refractivity contribution in [3.8, 4) is 5.75 Å². The molecular weight excluding hydrogens is 506 g/mol. The van der Waals surface area contributed by atoms with Gasteiger partial charge in [0.2, 0.25) is 0 Å². The molecule has 0 saturated heterocycles. The van der Waals surface area contributed by atoms with Crippen LogP contribution >= 0.6 is 15.9 Å². The highest BCUT2D eigenvalue weighted by Crippen LogP contribution is 2.38. The number of carbonyl (C=O) groups is 1. The van der Waals surface area contributed by atoms with E-state index in [1.54, 1.807) is 0 Å². The number of rotatable bonds is 6. The first kappa shape index (κ1) is 26.0. The van der Waals surface area contributed by atoms with Gasteiger partial charge >= 0.3 is 14.4 Å². The average Bonchev–Trinajstić information content (AvgIpc) is 2.76. The summed E-state index contributed by atoms with van der Waals surface area (Å²) in [5.41, 5.74) is 1.06. The van der Waals surface area contributed by atoms with E-state index < -0.39 is 20.0 Å². The number of hydrogen-bond donors (Lipinski definition) is 1. The smallest absolute Gasteiger partial charge is 0.412 e. The summed E-state index contributed by atoms with van der Waals surface area (Å²) in [7, 11) is -2.79. The summed E-state index contributed by atoms with van der Waals surface area (Å²) >= 11 is 3.56. The lowest BCUT2D eigenvalue weighted by Gasteiger charge is -2.43. The van der Waals surface area contributed by atoms with Crippen LogP contribution in [0.3, 0.4) is 0 Å². The van der Waals surface area contributed by atoms with Crippen LogP contribution < -0.4 is 20.1 Å². The summed E-state index contributed by atoms with van der Waals surface area (Å²) < 4.78 is 12.6. The number of nitrogens with one attached hydrogen (secondary N) is 1. The Hall–Kier alpha value is -2.57. The number of ether oxygens (including phenoxy) is 1. The van der Waals surface area contributed by atoms with Crippen LogP contribution in [0, 0.1) is 0 Å². The number of carbonyl (C=O) groups excluding carboxylic acids is 1. The van der Waals surface area contributed by atoms with Crippen molar-refractivity contribution in [2.75, 3.05) is 5.32 Å². The predicted molar refractivity (Wildman–Crippen MR) is 147 cm³/mol. The van der Waals surface area contributed by atoms with E-state index in [4.69, 9.17) is 9.16 Å². The highest BCUT2D eigenvalue weighted by atomic mass is 79.9. The molecule has 3 aromatic rings. The minimum Gasteiger partial charge on any atom is -0.534 e. The molecule has 0 bridgehead atoms. The van der Waals surface area contributed by atoms with Crippen LogP contribution in [0.2, 0.25) is 5.04 Å². The zero-order valence-corrected chi connectivity index (χ0v) is 23.4. The number of hydrogen-bond acceptors (Lipinski definition) is 3. The van der Waals surface area contributed by atoms with Crippen LogP contribution in [0.15, 0.2) is 78.9 Å². The van der Waals surface area contributed by atoms with Crippen LogP contribution in [0.25, 0.3) is 0 Å². The Morgan fingerprint density at radius 3 is 1.82 bits per heavy atom. The molecule has 0 atom stereocenters. The monoisotopic (exact) mass is 539 g/mol. The molecule has 4 nitrogen and oxygen atoms in total. The maximum Gasteiger partial charge on any atom is 0.412 e. The van der Waals surface area contributed by atoms with E-state index in [-0.39, 0.29) is 5.04 Å². The van der Waals surface area contributed by atoms with Gasteiger partial charge in [-0.15, -0.1) is 0 Å². The van der Waals surface area contributed by atoms with Gasteiger partial charge in [0.15, 0.2) is 0 Å². The first-order chi connectivity index (χ1) is 15.9. The van der Waals surface area contributed by atoms with E-state index in [9.17, 15) is 4.79 Å². The van der Waals surface area contributed by atoms with Crippen LogP contribution in [-0.2, 0) is 10.1 Å². The molecule has 0 fully saturated rings. The fourth-order valence-electron chi connectivity index (χ4n) is 4.12. The van der Waals surface area contributed by atoms with Gasteiger partial charge in [-0.1, -0.05) is 97.4 Å². The highest BCUT2D eigenvalue weighted by Gasteiger charge is 2.52. The molecule has 0 aliphatic carbocycles. The molecule has 0 heterocycles. The van der Waals surface area contributed by atoms with Gasteiger partial charge in [-0.05, 0) is 53.9 Å². The molecule has 6 heteroatoms. The third-order valence-corrected chi connectivity index (χ3v) is 11.0. The van der Waals surface area contributed by atoms with Gasteiger partial charge in [-0.25, -0.2) is 4.79 Å². The number of amides is 1. The lowest BCUT2D eigenvalue weighted by atomic mass is 10.2. The second kappa shape index (κ2) is 10.4. The molecule has 0 radical (unpaired) electrons. The van der Waals surface area contributed by atoms with Crippen molar-refractivity contribution in [1.29, 1.82) is 0 Å². The third-order valence-electron chi connectivity index (χ3n) is 5.45. The van der Waals surface area contributed by atoms with Gasteiger partial charge in [0.25, 0.3) is 0 Å². The Balaban J connectivity index is 2.12. The molecule has 1 amide bonds. The molecule has 0 aromatic heterocycles. The van der Waals surface area contributed by atoms with E-state index in [2.05, 4.69) is 90.5 Å². The fourth-order valence-corrected chi connectivity index (χ4v) is 8.84. The van der Waals surface area contributed by atoms with Crippen molar-refractivity contribution in [3.63, 3.8) is 0 Å². The van der Waals surface area contributed by atoms with Gasteiger partial charge < -0.3 is 9.16 Å². The second-order valence-corrected chi connectivity index (χ2v) is 15.2. The normalized spacial score (nSPS) is 12.2. The Morgan fingerprint density at radius 2 is 1.38 bits per heavy atom. The van der Waals surface area contributed by atoms with Crippen molar-refractivity contribution >= 4 is 46.4 Å². The van der Waals surface area contributed by atoms with Crippen molar-refractivity contribution in [3.05, 3.63) is 84.4 Å². The van der Waals surface area contributed by atoms with Crippen molar-refractivity contribution in [1.82, 2.24) is 0 Å². The molecule has 3 aromatic carbocycles. The first-order valence-electron chi connectivity index (χ1n) is 11.4. The summed E-state index contributed by atoms with van der Waals surface area (Å²) in [6.07, 6.45) is -0.490. The summed E-state index contributed by atoms with van der Waals surface area (Å²) in [6.45, 7) is 12.3. The molecule has 3 rings (SSSR count). The average molecular weight is 541 g/mol. The van der Waals surface area contributed by atoms with E-state index in [0.29, 0.717) is 11.0 Å². The zero-order valence-electron chi connectivity index (χ0n) is 20.8. The van der Waals surface area contributed by atoms with Gasteiger partial charge in [-0.2, -0.15) is 0 Å². The quantitative estimate of drug-likeness (QED) is 0.274. The molecule has 1 N–H and O–H groups in total. The standard InChI is InChI=1S/C28H34BrNO3Si/c1-27(2,3)32-26(31)30-22-17-21(20-29)18-23(19-22)33-34(28(4,5)6,24-13-9-7-10-14-24)25-15-11-8-12-16-25/h7-19H,20H2,1-6H3,(H,30,31). The van der Waals surface area contributed by atoms with E-state index >= 15 is 0 Å². The number of benzene rings is 3. The molecule has 34 heavy (non-hydrogen) atoms. The summed E-state index contributed by atoms with van der Waals surface area (Å²) in [5, 5.41) is 5.72. The third kappa shape index (κ3) is 6.10. The molecule has 0 aliphatic heterocycles. The molecule has 0 unspecified atom stereocenters. The van der Waals surface area contributed by atoms with Crippen LogP contribution in [0.5, 0.6) is 5.75 Å². The first-order valence-corrected chi connectivity index (χ1v) is 14.5. The molecule has 0 saturated carbocycles. The summed E-state index contributed by atoms with van der Waals surface area (Å²) in [5.74, 6) is 0.720. The topological polar surface area (TPSA) is 47.6 Å². The Kier molecular flexibility index (Phi) is 7.94. The fraction of sp³-hybridized carbons (Fsp3) is 0.321. The minimum atomic E-state index is -2.79. The largest absolute Gasteiger partial charge is 0.534 e. The molecular formula is C28H34BrNO3Si. The number of anilines is 1. The van der Waals surface area contributed by atoms with Crippen molar-refractivity contribution in [2.24, 2.45) is 0 Å². The van der Waals surface area contributed by atoms with Gasteiger partial charge in [0.1, 0.15) is 11.4 Å². The Bertz CT molecular complexity index is 1070. The van der Waals surface area contributed by atoms with Gasteiger partial charge in [-0.3, -0.25) is 5.32 Å². The van der Waals surface area contributed by atoms with Gasteiger partial charge in [0.05, 0.1) is 0 Å². The summed E-state index contributed by atoms with van der Waals surface area (Å²) in [4.78, 5) is 12.4. The van der Waals surface area contributed by atoms with Crippen molar-refractivity contribution in [2.45, 2.75) is 57.5 Å². The SMILES string of the molecule is CC(C)(C)OC(=O)Nc1cc(CBr)cc(O[Si](c2ccccc2)(c2ccccc2)C(C)(C)C)c1. The van der Waals surface area contributed by atoms with Crippen molar-refractivity contribution < 1.29 is 14.0 Å². The molecule has 0 spiro atoms. The lowest BCUT2D eigenvalue weighted by Crippen LogP contribution is -2.68. The zero-order chi connectivity index (χ0) is 25.0. The second-order valence-electron chi connectivity index (χ2n) is 10.4. The van der Waals surface area contributed by atoms with E-state index in [1.165, 1.54) is 10.4 Å². The van der Waals surface area contributed by atoms with E-state index in [1.807, 2.05) is 51.1 Å². The van der Waals surface area contributed by atoms with Crippen LogP contribution in [-0.4, -0.2) is 20.0 Å². The Morgan fingerprint density at radius 1 is 0.853 bits per heavy atom. The Labute approximate surface area is 213 Å². The van der Waals surface area contributed by atoms with Crippen LogP contribution in [0.1, 0.15) is 47.1 Å². The minimum absolute atomic E-state index is 0.168. The van der Waals surface area contributed by atoms with Crippen LogP contribution in [0.4, 0.5) is 10.5 Å². The highest BCUT2D eigenvalue weighted by molar-refractivity contribution is 9.08. The molecule has 0 aliphatic rings.